The van der Waals surface area contributed by atoms with E-state index < -0.39 is 91.5 Å². The first-order valence-electron chi connectivity index (χ1n) is 42.8. The molecule has 0 spiro atoms. The fourth-order valence-corrected chi connectivity index (χ4v) is 13.2. The van der Waals surface area contributed by atoms with Gasteiger partial charge in [0, 0.05) is 19.3 Å². The van der Waals surface area contributed by atoms with Gasteiger partial charge in [0.2, 0.25) is 0 Å². The largest absolute Gasteiger partial charge is 0.472 e. The van der Waals surface area contributed by atoms with Gasteiger partial charge in [0.1, 0.15) is 25.4 Å². The zero-order valence-corrected chi connectivity index (χ0v) is 69.6. The lowest BCUT2D eigenvalue weighted by atomic mass is 10.0. The molecule has 107 heavy (non-hydrogen) atoms. The Morgan fingerprint density at radius 3 is 0.738 bits per heavy atom. The molecule has 0 aliphatic heterocycles. The second kappa shape index (κ2) is 81.4. The van der Waals surface area contributed by atoms with Crippen molar-refractivity contribution in [3.8, 4) is 0 Å². The van der Waals surface area contributed by atoms with Crippen LogP contribution >= 0.6 is 15.6 Å². The molecule has 4 N–H and O–H groups in total. The second-order valence-electron chi connectivity index (χ2n) is 28.6. The molecule has 0 radical (unpaired) electrons. The summed E-state index contributed by atoms with van der Waals surface area (Å²) in [5, 5.41) is 20.7. The van der Waals surface area contributed by atoms with Crippen molar-refractivity contribution in [3.05, 3.63) is 122 Å². The summed E-state index contributed by atoms with van der Waals surface area (Å²) in [7, 11) is -9.80. The molecule has 618 valence electrons. The highest BCUT2D eigenvalue weighted by Gasteiger charge is 2.29. The van der Waals surface area contributed by atoms with E-state index in [2.05, 4.69) is 142 Å². The molecule has 0 aromatic heterocycles. The predicted octanol–water partition coefficient (Wildman–Crippen LogP) is 25.7. The van der Waals surface area contributed by atoms with Gasteiger partial charge in [0.15, 0.2) is 6.10 Å². The summed E-state index contributed by atoms with van der Waals surface area (Å²) < 4.78 is 61.3. The molecule has 0 rings (SSSR count). The third-order valence-electron chi connectivity index (χ3n) is 18.1. The maximum Gasteiger partial charge on any atom is 0.472 e. The number of rotatable bonds is 81. The van der Waals surface area contributed by atoms with Gasteiger partial charge in [-0.3, -0.25) is 32.5 Å². The highest BCUT2D eigenvalue weighted by molar-refractivity contribution is 7.47. The number of hydrogen-bond donors (Lipinski definition) is 4. The average molecular weight is 1540 g/mol. The van der Waals surface area contributed by atoms with Crippen LogP contribution in [0.2, 0.25) is 0 Å². The van der Waals surface area contributed by atoms with E-state index >= 15 is 0 Å². The van der Waals surface area contributed by atoms with Crippen LogP contribution in [0.4, 0.5) is 0 Å². The van der Waals surface area contributed by atoms with E-state index in [1.807, 2.05) is 0 Å². The number of esters is 3. The zero-order valence-electron chi connectivity index (χ0n) is 67.8. The van der Waals surface area contributed by atoms with Crippen molar-refractivity contribution in [3.63, 3.8) is 0 Å². The molecule has 16 nitrogen and oxygen atoms in total. The van der Waals surface area contributed by atoms with E-state index in [-0.39, 0.29) is 19.3 Å². The molecule has 0 amide bonds. The Hall–Kier alpha value is -4.05. The highest BCUT2D eigenvalue weighted by Crippen LogP contribution is 2.45. The smallest absolute Gasteiger partial charge is 0.463 e. The van der Waals surface area contributed by atoms with Crippen molar-refractivity contribution < 1.29 is 75.8 Å². The minimum absolute atomic E-state index is 0.0857. The van der Waals surface area contributed by atoms with E-state index in [4.69, 9.17) is 32.3 Å². The molecule has 0 saturated heterocycles. The van der Waals surface area contributed by atoms with Gasteiger partial charge in [0.25, 0.3) is 0 Å². The van der Waals surface area contributed by atoms with Gasteiger partial charge >= 0.3 is 33.6 Å². The Bertz CT molecular complexity index is 2430. The van der Waals surface area contributed by atoms with Gasteiger partial charge in [0.05, 0.1) is 26.4 Å². The Morgan fingerprint density at radius 2 is 0.467 bits per heavy atom. The fraction of sp³-hybridized carbons (Fsp3) is 0.742. The summed E-state index contributed by atoms with van der Waals surface area (Å²) in [6.45, 7) is 2.61. The van der Waals surface area contributed by atoms with Crippen LogP contribution in [0.5, 0.6) is 0 Å². The minimum Gasteiger partial charge on any atom is -0.463 e. The number of unbranched alkanes of at least 4 members (excludes halogenated alkanes) is 38. The van der Waals surface area contributed by atoms with Gasteiger partial charge in [-0.1, -0.05) is 328 Å². The number of carbonyl (C=O) groups is 3. The number of aliphatic hydroxyl groups excluding tert-OH is 2. The van der Waals surface area contributed by atoms with Crippen LogP contribution in [0.3, 0.4) is 0 Å². The van der Waals surface area contributed by atoms with Crippen LogP contribution in [0.15, 0.2) is 122 Å². The van der Waals surface area contributed by atoms with E-state index in [1.165, 1.54) is 154 Å². The average Bonchev–Trinajstić information content (AvgIpc) is 0.907. The number of hydrogen-bond acceptors (Lipinski definition) is 14. The van der Waals surface area contributed by atoms with E-state index in [0.29, 0.717) is 19.3 Å². The van der Waals surface area contributed by atoms with Crippen molar-refractivity contribution in [2.75, 3.05) is 39.6 Å². The van der Waals surface area contributed by atoms with Gasteiger partial charge in [-0.2, -0.15) is 0 Å². The maximum absolute atomic E-state index is 13.0. The van der Waals surface area contributed by atoms with Crippen LogP contribution in [0.1, 0.15) is 367 Å². The zero-order chi connectivity index (χ0) is 78.0. The number of aliphatic hydroxyl groups is 2. The maximum atomic E-state index is 13.0. The molecule has 0 heterocycles. The molecule has 0 aromatic carbocycles. The quantitative estimate of drug-likeness (QED) is 0.0146. The molecule has 5 atom stereocenters. The van der Waals surface area contributed by atoms with Gasteiger partial charge in [-0.15, -0.1) is 0 Å². The lowest BCUT2D eigenvalue weighted by Crippen LogP contribution is -2.30. The fourth-order valence-electron chi connectivity index (χ4n) is 11.6. The van der Waals surface area contributed by atoms with Crippen molar-refractivity contribution in [2.24, 2.45) is 0 Å². The van der Waals surface area contributed by atoms with Crippen molar-refractivity contribution in [1.82, 2.24) is 0 Å². The predicted molar refractivity (Wildman–Crippen MR) is 445 cm³/mol. The summed E-state index contributed by atoms with van der Waals surface area (Å²) in [4.78, 5) is 58.8. The number of phosphoric ester groups is 2. The van der Waals surface area contributed by atoms with Crippen LogP contribution < -0.4 is 0 Å². The van der Waals surface area contributed by atoms with Crippen molar-refractivity contribution >= 4 is 33.6 Å². The van der Waals surface area contributed by atoms with Gasteiger partial charge < -0.3 is 34.2 Å². The van der Waals surface area contributed by atoms with Gasteiger partial charge in [-0.25, -0.2) is 9.13 Å². The molecule has 0 aromatic rings. The Morgan fingerprint density at radius 1 is 0.262 bits per heavy atom. The number of carbonyl (C=O) groups excluding carboxylic acids is 3. The Balaban J connectivity index is 4.50. The minimum atomic E-state index is -4.94. The normalized spacial score (nSPS) is 14.5. The monoisotopic (exact) mass is 1540 g/mol. The molecule has 0 aliphatic carbocycles. The van der Waals surface area contributed by atoms with E-state index in [0.717, 1.165) is 154 Å². The molecular formula is C89H156O16P2. The first-order chi connectivity index (χ1) is 52.2. The SMILES string of the molecule is CCCCC/C=C\C/C=C\C/C=C\C/C=C\CCCCCCCCCCCCCCCCCCCC(=O)OCC(O)COP(=O)(O)OCC(O)COP(=O)(O)OCC(COC(=O)CCCCCCCC/C=C\C/C=C\C/C=C\CCCCC)OC(=O)CCCCCCCC/C=C\C/C=C\C/C=C\CCCCC. The first kappa shape index (κ1) is 103. The Kier molecular flexibility index (Phi) is 78.4. The van der Waals surface area contributed by atoms with Crippen LogP contribution in [0.25, 0.3) is 0 Å². The standard InChI is InChI=1S/C89H156O16P2/c1-4-7-10-13-16-19-22-25-28-31-34-35-36-37-38-39-40-41-42-43-44-45-46-47-50-52-54-57-60-63-66-69-72-75-87(92)99-78-84(90)79-101-106(95,96)102-80-85(91)81-103-107(97,98)104-83-86(105-89(94)77-74-71-68-65-62-59-56-53-49-33-30-27-24-21-18-15-12-9-6-3)82-100-88(93)76-73-70-67-64-61-58-55-51-48-32-29-26-23-20-17-14-11-8-5-2/h16-21,25-30,34-35,37-38,48-49,51,53,84-86,90-91H,4-15,22-24,31-33,36,39-47,50,52,54-83H2,1-3H3,(H,95,96)(H,97,98)/b19-16-,20-17-,21-18-,28-25-,29-26-,30-27-,35-34-,38-37-,51-48-,53-49-. The van der Waals surface area contributed by atoms with Crippen LogP contribution in [-0.4, -0.2) is 95.9 Å². The lowest BCUT2D eigenvalue weighted by Gasteiger charge is -2.21. The van der Waals surface area contributed by atoms with E-state index in [1.54, 1.807) is 0 Å². The summed E-state index contributed by atoms with van der Waals surface area (Å²) in [5.74, 6) is -1.59. The summed E-state index contributed by atoms with van der Waals surface area (Å²) in [5.41, 5.74) is 0. The molecule has 0 fully saturated rings. The highest BCUT2D eigenvalue weighted by atomic mass is 31.2. The third kappa shape index (κ3) is 82.7. The molecule has 0 aliphatic rings. The third-order valence-corrected chi connectivity index (χ3v) is 20.0. The number of ether oxygens (including phenoxy) is 3. The van der Waals surface area contributed by atoms with Gasteiger partial charge in [-0.05, 0) is 141 Å². The first-order valence-corrected chi connectivity index (χ1v) is 45.8. The summed E-state index contributed by atoms with van der Waals surface area (Å²) in [6, 6.07) is 0. The molecule has 0 bridgehead atoms. The van der Waals surface area contributed by atoms with Crippen LogP contribution in [-0.2, 0) is 55.8 Å². The molecular weight excluding hydrogens is 1390 g/mol. The summed E-state index contributed by atoms with van der Waals surface area (Å²) in [6.07, 6.45) is 98.2. The Labute approximate surface area is 653 Å². The topological polar surface area (TPSA) is 231 Å². The number of phosphoric acid groups is 2. The van der Waals surface area contributed by atoms with E-state index in [9.17, 15) is 43.5 Å². The second-order valence-corrected chi connectivity index (χ2v) is 31.5. The molecule has 0 saturated carbocycles. The molecule has 18 heteroatoms. The molecule has 5 unspecified atom stereocenters. The van der Waals surface area contributed by atoms with Crippen molar-refractivity contribution in [1.29, 1.82) is 0 Å². The van der Waals surface area contributed by atoms with Crippen LogP contribution in [0, 0.1) is 0 Å². The number of allylic oxidation sites excluding steroid dienone is 20. The lowest BCUT2D eigenvalue weighted by molar-refractivity contribution is -0.161. The summed E-state index contributed by atoms with van der Waals surface area (Å²) >= 11 is 0. The van der Waals surface area contributed by atoms with Crippen molar-refractivity contribution in [2.45, 2.75) is 386 Å².